The lowest BCUT2D eigenvalue weighted by Gasteiger charge is -2.21. The molecule has 1 rings (SSSR count). The third-order valence-corrected chi connectivity index (χ3v) is 4.27. The van der Waals surface area contributed by atoms with Crippen LogP contribution in [0, 0.1) is 11.8 Å². The average molecular weight is 293 g/mol. The Morgan fingerprint density at radius 3 is 2.24 bits per heavy atom. The minimum Gasteiger partial charge on any atom is -0.303 e. The van der Waals surface area contributed by atoms with E-state index < -0.39 is 0 Å². The number of hydrogen-bond acceptors (Lipinski definition) is 1. The summed E-state index contributed by atoms with van der Waals surface area (Å²) in [6, 6.07) is 0. The van der Waals surface area contributed by atoms with Gasteiger partial charge in [-0.25, -0.2) is 0 Å². The molecule has 1 heteroatoms. The highest BCUT2D eigenvalue weighted by atomic mass is 16.1. The summed E-state index contributed by atoms with van der Waals surface area (Å²) < 4.78 is 0. The third-order valence-electron chi connectivity index (χ3n) is 4.27. The van der Waals surface area contributed by atoms with E-state index in [1.165, 1.54) is 37.7 Å². The fourth-order valence-corrected chi connectivity index (χ4v) is 2.48. The Kier molecular flexibility index (Phi) is 12.3. The van der Waals surface area contributed by atoms with Crippen molar-refractivity contribution in [2.75, 3.05) is 0 Å². The van der Waals surface area contributed by atoms with Crippen LogP contribution in [-0.4, -0.2) is 6.29 Å². The molecule has 0 fully saturated rings. The number of aldehydes is 1. The molecular weight excluding hydrogens is 256 g/mol. The molecule has 0 spiro atoms. The van der Waals surface area contributed by atoms with Crippen molar-refractivity contribution in [3.8, 4) is 0 Å². The topological polar surface area (TPSA) is 17.1 Å². The summed E-state index contributed by atoms with van der Waals surface area (Å²) in [6.45, 7) is 11.2. The number of rotatable bonds is 8. The molecule has 0 saturated carbocycles. The van der Waals surface area contributed by atoms with Crippen molar-refractivity contribution in [2.45, 2.75) is 86.0 Å². The molecule has 0 bridgehead atoms. The van der Waals surface area contributed by atoms with Crippen LogP contribution in [0.4, 0.5) is 0 Å². The van der Waals surface area contributed by atoms with Crippen molar-refractivity contribution >= 4 is 6.29 Å². The van der Waals surface area contributed by atoms with Gasteiger partial charge >= 0.3 is 0 Å². The van der Waals surface area contributed by atoms with Crippen LogP contribution in [0.25, 0.3) is 0 Å². The Hall–Kier alpha value is -0.850. The summed E-state index contributed by atoms with van der Waals surface area (Å²) in [7, 11) is 0. The molecule has 0 saturated heterocycles. The van der Waals surface area contributed by atoms with Gasteiger partial charge in [0.25, 0.3) is 0 Å². The predicted octanol–water partition coefficient (Wildman–Crippen LogP) is 6.49. The normalized spacial score (nSPS) is 17.0. The van der Waals surface area contributed by atoms with Crippen LogP contribution in [0.15, 0.2) is 23.3 Å². The summed E-state index contributed by atoms with van der Waals surface area (Å²) in [5, 5.41) is 0. The van der Waals surface area contributed by atoms with Crippen molar-refractivity contribution in [1.29, 1.82) is 0 Å². The number of allylic oxidation sites excluding steroid dienone is 4. The maximum atomic E-state index is 10.4. The Bertz CT molecular complexity index is 325. The molecule has 0 amide bonds. The highest BCUT2D eigenvalue weighted by molar-refractivity contribution is 5.50. The molecule has 1 aliphatic carbocycles. The third kappa shape index (κ3) is 9.66. The summed E-state index contributed by atoms with van der Waals surface area (Å²) in [5.41, 5.74) is 3.05. The van der Waals surface area contributed by atoms with Gasteiger partial charge in [0.05, 0.1) is 0 Å². The summed E-state index contributed by atoms with van der Waals surface area (Å²) >= 11 is 0. The van der Waals surface area contributed by atoms with E-state index in [2.05, 4.69) is 46.8 Å². The highest BCUT2D eigenvalue weighted by Crippen LogP contribution is 2.29. The van der Waals surface area contributed by atoms with E-state index >= 15 is 0 Å². The molecule has 122 valence electrons. The van der Waals surface area contributed by atoms with Gasteiger partial charge in [0.1, 0.15) is 6.29 Å². The van der Waals surface area contributed by atoms with Crippen molar-refractivity contribution < 1.29 is 4.79 Å². The van der Waals surface area contributed by atoms with E-state index in [0.29, 0.717) is 6.42 Å². The molecule has 0 N–H and O–H groups in total. The lowest BCUT2D eigenvalue weighted by Crippen LogP contribution is -2.05. The molecule has 0 heterocycles. The highest BCUT2D eigenvalue weighted by Gasteiger charge is 2.13. The van der Waals surface area contributed by atoms with E-state index in [-0.39, 0.29) is 0 Å². The second kappa shape index (κ2) is 12.9. The minimum atomic E-state index is 0.679. The summed E-state index contributed by atoms with van der Waals surface area (Å²) in [5.74, 6) is 1.58. The van der Waals surface area contributed by atoms with E-state index in [4.69, 9.17) is 0 Å². The van der Waals surface area contributed by atoms with Crippen LogP contribution in [0.5, 0.6) is 0 Å². The Balaban J connectivity index is 0.00000122. The molecule has 0 aromatic carbocycles. The first kappa shape index (κ1) is 20.1. The summed E-state index contributed by atoms with van der Waals surface area (Å²) in [6.07, 6.45) is 14.8. The first-order valence-electron chi connectivity index (χ1n) is 8.90. The number of hydrogen-bond donors (Lipinski definition) is 0. The van der Waals surface area contributed by atoms with Gasteiger partial charge in [0, 0.05) is 6.42 Å². The standard InChI is InChI=1S/C17H28O.C3H8/c1-4-14(2)7-8-15(3)17-11-9-16(10-12-17)6-5-13-18;1-3-2/h9,11,13-15H,4-8,10,12H2,1-3H3;3H2,1-2H3. The van der Waals surface area contributed by atoms with Gasteiger partial charge in [-0.05, 0) is 37.5 Å². The molecule has 0 aromatic heterocycles. The van der Waals surface area contributed by atoms with Crippen LogP contribution >= 0.6 is 0 Å². The fourth-order valence-electron chi connectivity index (χ4n) is 2.48. The minimum absolute atomic E-state index is 0.679. The molecule has 0 aromatic rings. The van der Waals surface area contributed by atoms with Crippen LogP contribution in [0.1, 0.15) is 86.0 Å². The van der Waals surface area contributed by atoms with Crippen molar-refractivity contribution in [3.63, 3.8) is 0 Å². The molecule has 1 aliphatic rings. The lowest BCUT2D eigenvalue weighted by atomic mass is 9.85. The second-order valence-corrected chi connectivity index (χ2v) is 6.47. The van der Waals surface area contributed by atoms with Gasteiger partial charge in [0.2, 0.25) is 0 Å². The largest absolute Gasteiger partial charge is 0.303 e. The van der Waals surface area contributed by atoms with E-state index in [0.717, 1.165) is 31.0 Å². The zero-order valence-corrected chi connectivity index (χ0v) is 15.0. The monoisotopic (exact) mass is 292 g/mol. The van der Waals surface area contributed by atoms with Gasteiger partial charge < -0.3 is 4.79 Å². The second-order valence-electron chi connectivity index (χ2n) is 6.47. The molecule has 0 radical (unpaired) electrons. The van der Waals surface area contributed by atoms with E-state index in [1.54, 1.807) is 5.57 Å². The zero-order valence-electron chi connectivity index (χ0n) is 15.0. The Morgan fingerprint density at radius 1 is 1.10 bits per heavy atom. The maximum Gasteiger partial charge on any atom is 0.120 e. The SMILES string of the molecule is CCC.CCC(C)CCC(C)C1=CC=C(CCC=O)CC1. The molecule has 2 atom stereocenters. The smallest absolute Gasteiger partial charge is 0.120 e. The van der Waals surface area contributed by atoms with Crippen molar-refractivity contribution in [3.05, 3.63) is 23.3 Å². The van der Waals surface area contributed by atoms with E-state index in [9.17, 15) is 4.79 Å². The van der Waals surface area contributed by atoms with Crippen LogP contribution in [-0.2, 0) is 4.79 Å². The van der Waals surface area contributed by atoms with Gasteiger partial charge in [-0.2, -0.15) is 0 Å². The summed E-state index contributed by atoms with van der Waals surface area (Å²) in [4.78, 5) is 10.4. The maximum absolute atomic E-state index is 10.4. The Morgan fingerprint density at radius 2 is 1.76 bits per heavy atom. The molecule has 1 nitrogen and oxygen atoms in total. The molecule has 2 unspecified atom stereocenters. The quantitative estimate of drug-likeness (QED) is 0.467. The van der Waals surface area contributed by atoms with Crippen LogP contribution in [0.2, 0.25) is 0 Å². The predicted molar refractivity (Wildman–Crippen MR) is 94.5 cm³/mol. The van der Waals surface area contributed by atoms with Gasteiger partial charge in [-0.3, -0.25) is 0 Å². The zero-order chi connectivity index (χ0) is 16.1. The number of carbonyl (C=O) groups excluding carboxylic acids is 1. The van der Waals surface area contributed by atoms with Crippen molar-refractivity contribution in [1.82, 2.24) is 0 Å². The first-order chi connectivity index (χ1) is 10.1. The lowest BCUT2D eigenvalue weighted by molar-refractivity contribution is -0.107. The van der Waals surface area contributed by atoms with Crippen molar-refractivity contribution in [2.24, 2.45) is 11.8 Å². The molecule has 0 aliphatic heterocycles. The number of carbonyl (C=O) groups is 1. The fraction of sp³-hybridized carbons (Fsp3) is 0.750. The van der Waals surface area contributed by atoms with Gasteiger partial charge in [-0.1, -0.05) is 77.2 Å². The molecule has 21 heavy (non-hydrogen) atoms. The van der Waals surface area contributed by atoms with Crippen LogP contribution < -0.4 is 0 Å². The van der Waals surface area contributed by atoms with Gasteiger partial charge in [0.15, 0.2) is 0 Å². The van der Waals surface area contributed by atoms with E-state index in [1.807, 2.05) is 0 Å². The first-order valence-corrected chi connectivity index (χ1v) is 8.90. The van der Waals surface area contributed by atoms with Gasteiger partial charge in [-0.15, -0.1) is 0 Å². The molecular formula is C20H36O. The average Bonchev–Trinajstić information content (AvgIpc) is 2.51. The Labute approximate surface area is 132 Å². The van der Waals surface area contributed by atoms with Crippen LogP contribution in [0.3, 0.4) is 0 Å².